The van der Waals surface area contributed by atoms with Gasteiger partial charge in [0.25, 0.3) is 0 Å². The fourth-order valence-electron chi connectivity index (χ4n) is 3.32. The largest absolute Gasteiger partial charge is 0.494 e. The number of fused-ring (bicyclic) bond motifs is 1. The molecule has 1 heterocycles. The number of aromatic nitrogens is 1. The average Bonchev–Trinajstić information content (AvgIpc) is 3.13. The quantitative estimate of drug-likeness (QED) is 0.330. The highest BCUT2D eigenvalue weighted by Crippen LogP contribution is 2.31. The van der Waals surface area contributed by atoms with E-state index in [0.717, 1.165) is 16.5 Å². The number of carbonyl (C=O) groups excluding carboxylic acids is 1. The van der Waals surface area contributed by atoms with Gasteiger partial charge in [0.15, 0.2) is 12.5 Å². The molecule has 4 rings (SSSR count). The molecule has 31 heavy (non-hydrogen) atoms. The molecular formula is C25H22N2O4. The summed E-state index contributed by atoms with van der Waals surface area (Å²) in [7, 11) is 0. The first-order chi connectivity index (χ1) is 15.2. The van der Waals surface area contributed by atoms with Crippen LogP contribution in [0.2, 0.25) is 0 Å². The Hall–Kier alpha value is -4.06. The lowest BCUT2D eigenvalue weighted by Crippen LogP contribution is -2.14. The Kier molecular flexibility index (Phi) is 5.98. The number of nitrogens with zero attached hydrogens (tertiary/aromatic N) is 1. The summed E-state index contributed by atoms with van der Waals surface area (Å²) >= 11 is 0. The molecule has 0 bridgehead atoms. The Bertz CT molecular complexity index is 1210. The van der Waals surface area contributed by atoms with Crippen molar-refractivity contribution in [2.24, 2.45) is 4.99 Å². The van der Waals surface area contributed by atoms with Crippen molar-refractivity contribution in [3.63, 3.8) is 0 Å². The number of benzene rings is 3. The van der Waals surface area contributed by atoms with Crippen LogP contribution in [0.25, 0.3) is 10.9 Å². The SMILES string of the molecule is CCOC(=O)COc1ccc(N=C(c2ccccc2)c2c(O)[nH]c3ccccc23)cc1. The van der Waals surface area contributed by atoms with Gasteiger partial charge >= 0.3 is 5.97 Å². The van der Waals surface area contributed by atoms with E-state index in [4.69, 9.17) is 14.5 Å². The van der Waals surface area contributed by atoms with Gasteiger partial charge in [0.05, 0.1) is 23.6 Å². The number of aromatic amines is 1. The second-order valence-electron chi connectivity index (χ2n) is 6.81. The van der Waals surface area contributed by atoms with Gasteiger partial charge in [-0.05, 0) is 37.3 Å². The Morgan fingerprint density at radius 1 is 0.968 bits per heavy atom. The molecule has 0 radical (unpaired) electrons. The minimum absolute atomic E-state index is 0.0678. The summed E-state index contributed by atoms with van der Waals surface area (Å²) in [6, 6.07) is 24.5. The predicted octanol–water partition coefficient (Wildman–Crippen LogP) is 4.98. The highest BCUT2D eigenvalue weighted by Gasteiger charge is 2.18. The molecule has 156 valence electrons. The number of aromatic hydroxyl groups is 1. The van der Waals surface area contributed by atoms with E-state index in [1.165, 1.54) is 0 Å². The summed E-state index contributed by atoms with van der Waals surface area (Å²) in [5.74, 6) is 0.201. The van der Waals surface area contributed by atoms with Crippen LogP contribution >= 0.6 is 0 Å². The number of para-hydroxylation sites is 1. The molecule has 0 fully saturated rings. The molecule has 6 heteroatoms. The number of rotatable bonds is 7. The molecule has 0 aliphatic heterocycles. The molecule has 0 saturated carbocycles. The third-order valence-corrected chi connectivity index (χ3v) is 4.71. The molecule has 0 aliphatic carbocycles. The van der Waals surface area contributed by atoms with Crippen molar-refractivity contribution in [3.05, 3.63) is 90.0 Å². The van der Waals surface area contributed by atoms with E-state index in [1.54, 1.807) is 31.2 Å². The monoisotopic (exact) mass is 414 g/mol. The van der Waals surface area contributed by atoms with Crippen molar-refractivity contribution in [1.29, 1.82) is 0 Å². The first-order valence-electron chi connectivity index (χ1n) is 9.98. The molecule has 0 aliphatic rings. The summed E-state index contributed by atoms with van der Waals surface area (Å²) in [6.45, 7) is 1.92. The van der Waals surface area contributed by atoms with Crippen molar-refractivity contribution < 1.29 is 19.4 Å². The fraction of sp³-hybridized carbons (Fsp3) is 0.120. The minimum atomic E-state index is -0.411. The van der Waals surface area contributed by atoms with E-state index >= 15 is 0 Å². The molecule has 0 unspecified atom stereocenters. The van der Waals surface area contributed by atoms with Crippen LogP contribution in [0.3, 0.4) is 0 Å². The topological polar surface area (TPSA) is 83.9 Å². The maximum Gasteiger partial charge on any atom is 0.344 e. The average molecular weight is 414 g/mol. The van der Waals surface area contributed by atoms with E-state index in [9.17, 15) is 9.90 Å². The van der Waals surface area contributed by atoms with Crippen LogP contribution < -0.4 is 4.74 Å². The van der Waals surface area contributed by atoms with E-state index < -0.39 is 5.97 Å². The van der Waals surface area contributed by atoms with Crippen LogP contribution in [0.5, 0.6) is 11.6 Å². The van der Waals surface area contributed by atoms with Crippen molar-refractivity contribution >= 4 is 28.3 Å². The lowest BCUT2D eigenvalue weighted by molar-refractivity contribution is -0.145. The van der Waals surface area contributed by atoms with Gasteiger partial charge in [0.2, 0.25) is 0 Å². The van der Waals surface area contributed by atoms with Crippen molar-refractivity contribution in [3.8, 4) is 11.6 Å². The lowest BCUT2D eigenvalue weighted by atomic mass is 10.0. The zero-order valence-electron chi connectivity index (χ0n) is 17.0. The number of esters is 1. The molecule has 0 amide bonds. The van der Waals surface area contributed by atoms with Crippen LogP contribution in [0.1, 0.15) is 18.1 Å². The summed E-state index contributed by atoms with van der Waals surface area (Å²) in [5, 5.41) is 11.5. The zero-order chi connectivity index (χ0) is 21.6. The standard InChI is InChI=1S/C25H22N2O4/c1-2-30-22(28)16-31-19-14-12-18(13-15-19)26-24(17-8-4-3-5-9-17)23-20-10-6-7-11-21(20)27-25(23)29/h3-15,27,29H,2,16H2,1H3. The van der Waals surface area contributed by atoms with Gasteiger partial charge in [-0.1, -0.05) is 48.5 Å². The highest BCUT2D eigenvalue weighted by molar-refractivity contribution is 6.21. The minimum Gasteiger partial charge on any atom is -0.494 e. The normalized spacial score (nSPS) is 11.5. The third kappa shape index (κ3) is 4.59. The Balaban J connectivity index is 1.70. The predicted molar refractivity (Wildman–Crippen MR) is 120 cm³/mol. The summed E-state index contributed by atoms with van der Waals surface area (Å²) < 4.78 is 10.3. The van der Waals surface area contributed by atoms with E-state index in [-0.39, 0.29) is 12.5 Å². The molecule has 3 aromatic carbocycles. The van der Waals surface area contributed by atoms with Gasteiger partial charge in [-0.2, -0.15) is 0 Å². The molecule has 0 spiro atoms. The molecule has 0 saturated heterocycles. The fourth-order valence-corrected chi connectivity index (χ4v) is 3.32. The van der Waals surface area contributed by atoms with Gasteiger partial charge < -0.3 is 19.6 Å². The number of nitrogens with one attached hydrogen (secondary N) is 1. The number of hydrogen-bond acceptors (Lipinski definition) is 5. The molecule has 0 atom stereocenters. The number of carbonyl (C=O) groups is 1. The number of H-pyrrole nitrogens is 1. The first kappa shape index (κ1) is 20.2. The summed E-state index contributed by atoms with van der Waals surface area (Å²) in [6.07, 6.45) is 0. The van der Waals surface area contributed by atoms with E-state index in [2.05, 4.69) is 4.98 Å². The van der Waals surface area contributed by atoms with Crippen LogP contribution in [-0.2, 0) is 9.53 Å². The molecule has 2 N–H and O–H groups in total. The molecule has 4 aromatic rings. The second kappa shape index (κ2) is 9.17. The maximum atomic E-state index is 11.5. The van der Waals surface area contributed by atoms with Crippen LogP contribution in [-0.4, -0.2) is 35.0 Å². The zero-order valence-corrected chi connectivity index (χ0v) is 17.0. The van der Waals surface area contributed by atoms with Crippen molar-refractivity contribution in [2.75, 3.05) is 13.2 Å². The maximum absolute atomic E-state index is 11.5. The second-order valence-corrected chi connectivity index (χ2v) is 6.81. The number of hydrogen-bond donors (Lipinski definition) is 2. The first-order valence-corrected chi connectivity index (χ1v) is 9.98. The molecule has 6 nitrogen and oxygen atoms in total. The van der Waals surface area contributed by atoms with Gasteiger partial charge in [0, 0.05) is 16.5 Å². The van der Waals surface area contributed by atoms with Crippen molar-refractivity contribution in [2.45, 2.75) is 6.92 Å². The van der Waals surface area contributed by atoms with E-state index in [1.807, 2.05) is 54.6 Å². The lowest BCUT2D eigenvalue weighted by Gasteiger charge is -2.09. The smallest absolute Gasteiger partial charge is 0.344 e. The van der Waals surface area contributed by atoms with Crippen molar-refractivity contribution in [1.82, 2.24) is 4.98 Å². The highest BCUT2D eigenvalue weighted by atomic mass is 16.6. The number of aliphatic imine (C=N–C) groups is 1. The van der Waals surface area contributed by atoms with Crippen LogP contribution in [0.15, 0.2) is 83.9 Å². The number of ether oxygens (including phenoxy) is 2. The van der Waals surface area contributed by atoms with Crippen LogP contribution in [0.4, 0.5) is 5.69 Å². The summed E-state index contributed by atoms with van der Waals surface area (Å²) in [4.78, 5) is 19.3. The molecule has 1 aromatic heterocycles. The van der Waals surface area contributed by atoms with E-state index in [0.29, 0.717) is 29.3 Å². The van der Waals surface area contributed by atoms with Gasteiger partial charge in [-0.25, -0.2) is 9.79 Å². The Labute approximate surface area is 179 Å². The molecular weight excluding hydrogens is 392 g/mol. The van der Waals surface area contributed by atoms with Crippen LogP contribution in [0, 0.1) is 0 Å². The Morgan fingerprint density at radius 3 is 2.42 bits per heavy atom. The van der Waals surface area contributed by atoms with Gasteiger partial charge in [-0.15, -0.1) is 0 Å². The van der Waals surface area contributed by atoms with Gasteiger partial charge in [0.1, 0.15) is 5.75 Å². The summed E-state index contributed by atoms with van der Waals surface area (Å²) in [5.41, 5.74) is 3.69. The Morgan fingerprint density at radius 2 is 1.68 bits per heavy atom. The van der Waals surface area contributed by atoms with Gasteiger partial charge in [-0.3, -0.25) is 0 Å². The third-order valence-electron chi connectivity index (χ3n) is 4.71.